The second-order valence-electron chi connectivity index (χ2n) is 3.86. The van der Waals surface area contributed by atoms with Crippen molar-refractivity contribution in [2.24, 2.45) is 0 Å². The molecule has 1 fully saturated rings. The van der Waals surface area contributed by atoms with Crippen LogP contribution in [-0.2, 0) is 24.2 Å². The number of carbonyl (C=O) groups excluding carboxylic acids is 2. The first-order valence-corrected chi connectivity index (χ1v) is 6.37. The maximum atomic E-state index is 11.7. The zero-order chi connectivity index (χ0) is 12.5. The lowest BCUT2D eigenvalue weighted by molar-refractivity contribution is -0.116. The van der Waals surface area contributed by atoms with Crippen LogP contribution < -0.4 is 0 Å². The summed E-state index contributed by atoms with van der Waals surface area (Å²) in [4.78, 5) is 22.7. The van der Waals surface area contributed by atoms with Crippen LogP contribution in [0.4, 0.5) is 0 Å². The van der Waals surface area contributed by atoms with Gasteiger partial charge in [0.1, 0.15) is 5.25 Å². The van der Waals surface area contributed by atoms with Gasteiger partial charge in [-0.1, -0.05) is 6.58 Å². The van der Waals surface area contributed by atoms with E-state index in [1.54, 1.807) is 0 Å². The Morgan fingerprint density at radius 1 is 1.44 bits per heavy atom. The molecule has 1 rings (SSSR count). The van der Waals surface area contributed by atoms with E-state index in [4.69, 9.17) is 4.74 Å². The lowest BCUT2D eigenvalue weighted by Crippen LogP contribution is -2.35. The largest absolute Gasteiger partial charge is 0.373 e. The molecule has 5 nitrogen and oxygen atoms in total. The van der Waals surface area contributed by atoms with Gasteiger partial charge in [-0.05, 0) is 12.5 Å². The molecule has 1 saturated heterocycles. The molecule has 0 aromatic heterocycles. The fourth-order valence-corrected chi connectivity index (χ4v) is 2.64. The van der Waals surface area contributed by atoms with Gasteiger partial charge in [0.25, 0.3) is 0 Å². The van der Waals surface area contributed by atoms with Crippen LogP contribution in [0.25, 0.3) is 0 Å². The lowest BCUT2D eigenvalue weighted by Gasteiger charge is -2.13. The molecule has 0 spiro atoms. The zero-order valence-electron chi connectivity index (χ0n) is 9.23. The predicted molar refractivity (Wildman–Crippen MR) is 57.6 cm³/mol. The molecule has 6 heteroatoms. The summed E-state index contributed by atoms with van der Waals surface area (Å²) in [6.45, 7) is 6.22. The molecule has 0 aliphatic carbocycles. The molecule has 0 N–H and O–H groups in total. The summed E-state index contributed by atoms with van der Waals surface area (Å²) in [6.07, 6.45) is -0.199. The third kappa shape index (κ3) is 2.76. The normalized spacial score (nSPS) is 21.2. The lowest BCUT2D eigenvalue weighted by atomic mass is 10.1. The Hall–Kier alpha value is -1.01. The van der Waals surface area contributed by atoms with E-state index < -0.39 is 26.0 Å². The molecule has 1 heterocycles. The van der Waals surface area contributed by atoms with Crippen molar-refractivity contribution in [2.45, 2.75) is 31.6 Å². The van der Waals surface area contributed by atoms with Crippen molar-refractivity contribution in [3.05, 3.63) is 12.2 Å². The quantitative estimate of drug-likeness (QED) is 0.513. The smallest absolute Gasteiger partial charge is 0.244 e. The fourth-order valence-electron chi connectivity index (χ4n) is 1.29. The standard InChI is InChI=1S/C10H14O5S/c1-6(2)10(12)9(4-8-5-15-8)16(13,14)7(3)11/h8-9H,1,4-5H2,2-3H3. The fraction of sp³-hybridized carbons (Fsp3) is 0.600. The highest BCUT2D eigenvalue weighted by Gasteiger charge is 2.40. The number of epoxide rings is 1. The Labute approximate surface area is 94.4 Å². The highest BCUT2D eigenvalue weighted by atomic mass is 32.2. The van der Waals surface area contributed by atoms with E-state index in [0.717, 1.165) is 6.92 Å². The van der Waals surface area contributed by atoms with E-state index in [0.29, 0.717) is 6.61 Å². The van der Waals surface area contributed by atoms with Gasteiger partial charge in [0, 0.05) is 13.3 Å². The molecule has 2 unspecified atom stereocenters. The van der Waals surface area contributed by atoms with Crippen LogP contribution in [-0.4, -0.2) is 37.3 Å². The van der Waals surface area contributed by atoms with E-state index in [1.807, 2.05) is 0 Å². The first kappa shape index (κ1) is 13.1. The number of ketones is 1. The van der Waals surface area contributed by atoms with Crippen LogP contribution in [0.3, 0.4) is 0 Å². The molecule has 1 aliphatic rings. The Balaban J connectivity index is 2.99. The minimum Gasteiger partial charge on any atom is -0.373 e. The van der Waals surface area contributed by atoms with Crippen LogP contribution in [0, 0.1) is 0 Å². The average molecular weight is 246 g/mol. The molecule has 0 aromatic carbocycles. The van der Waals surface area contributed by atoms with E-state index >= 15 is 0 Å². The van der Waals surface area contributed by atoms with Gasteiger partial charge in [0.15, 0.2) is 5.78 Å². The van der Waals surface area contributed by atoms with Crippen molar-refractivity contribution in [3.63, 3.8) is 0 Å². The van der Waals surface area contributed by atoms with Gasteiger partial charge in [-0.25, -0.2) is 8.42 Å². The molecule has 2 atom stereocenters. The number of ether oxygens (including phenoxy) is 1. The number of rotatable bonds is 5. The summed E-state index contributed by atoms with van der Waals surface area (Å²) in [5.41, 5.74) is 0.135. The minimum absolute atomic E-state index is 0.0353. The number of sulfone groups is 1. The SMILES string of the molecule is C=C(C)C(=O)C(CC1CO1)S(=O)(=O)C(C)=O. The number of carbonyl (C=O) groups is 2. The summed E-state index contributed by atoms with van der Waals surface area (Å²) in [6, 6.07) is 0. The topological polar surface area (TPSA) is 80.8 Å². The summed E-state index contributed by atoms with van der Waals surface area (Å²) in [5.74, 6) is -0.606. The van der Waals surface area contributed by atoms with Crippen LogP contribution in [0.5, 0.6) is 0 Å². The maximum Gasteiger partial charge on any atom is 0.244 e. The van der Waals surface area contributed by atoms with Crippen LogP contribution in [0.15, 0.2) is 12.2 Å². The molecule has 0 aromatic rings. The van der Waals surface area contributed by atoms with Crippen molar-refractivity contribution < 1.29 is 22.7 Å². The molecule has 0 bridgehead atoms. The van der Waals surface area contributed by atoms with Crippen LogP contribution >= 0.6 is 0 Å². The molecular formula is C10H14O5S. The summed E-state index contributed by atoms with van der Waals surface area (Å²) in [5, 5.41) is -2.33. The first-order valence-electron chi connectivity index (χ1n) is 4.82. The van der Waals surface area contributed by atoms with Crippen molar-refractivity contribution in [2.75, 3.05) is 6.61 Å². The second-order valence-corrected chi connectivity index (χ2v) is 6.09. The second kappa shape index (κ2) is 4.47. The zero-order valence-corrected chi connectivity index (χ0v) is 10.0. The van der Waals surface area contributed by atoms with E-state index in [-0.39, 0.29) is 18.1 Å². The molecule has 0 radical (unpaired) electrons. The van der Waals surface area contributed by atoms with Crippen molar-refractivity contribution in [1.82, 2.24) is 0 Å². The number of hydrogen-bond acceptors (Lipinski definition) is 5. The average Bonchev–Trinajstić information content (AvgIpc) is 2.95. The monoisotopic (exact) mass is 246 g/mol. The molecule has 0 saturated carbocycles. The van der Waals surface area contributed by atoms with E-state index in [9.17, 15) is 18.0 Å². The van der Waals surface area contributed by atoms with Gasteiger partial charge in [0.05, 0.1) is 12.7 Å². The Kier molecular flexibility index (Phi) is 3.64. The van der Waals surface area contributed by atoms with Crippen molar-refractivity contribution in [3.8, 4) is 0 Å². The molecule has 90 valence electrons. The third-order valence-corrected chi connectivity index (χ3v) is 4.32. The molecule has 1 aliphatic heterocycles. The van der Waals surface area contributed by atoms with Crippen LogP contribution in [0.2, 0.25) is 0 Å². The highest BCUT2D eigenvalue weighted by molar-refractivity contribution is 8.07. The maximum absolute atomic E-state index is 11.7. The minimum atomic E-state index is -4.07. The molecule has 16 heavy (non-hydrogen) atoms. The van der Waals surface area contributed by atoms with Crippen molar-refractivity contribution >= 4 is 20.7 Å². The highest BCUT2D eigenvalue weighted by Crippen LogP contribution is 2.23. The van der Waals surface area contributed by atoms with Gasteiger partial charge in [-0.2, -0.15) is 0 Å². The number of Topliss-reactive ketones (excluding diaryl/α,β-unsaturated/α-hetero) is 1. The Bertz CT molecular complexity index is 430. The Morgan fingerprint density at radius 2 is 1.94 bits per heavy atom. The third-order valence-electron chi connectivity index (χ3n) is 2.37. The number of hydrogen-bond donors (Lipinski definition) is 0. The van der Waals surface area contributed by atoms with Crippen LogP contribution in [0.1, 0.15) is 20.3 Å². The first-order chi connectivity index (χ1) is 7.26. The number of allylic oxidation sites excluding steroid dienone is 1. The van der Waals surface area contributed by atoms with E-state index in [2.05, 4.69) is 6.58 Å². The van der Waals surface area contributed by atoms with Gasteiger partial charge in [0.2, 0.25) is 15.0 Å². The summed E-state index contributed by atoms with van der Waals surface area (Å²) >= 11 is 0. The van der Waals surface area contributed by atoms with Gasteiger partial charge >= 0.3 is 0 Å². The molecule has 0 amide bonds. The Morgan fingerprint density at radius 3 is 2.25 bits per heavy atom. The van der Waals surface area contributed by atoms with Gasteiger partial charge in [-0.3, -0.25) is 9.59 Å². The van der Waals surface area contributed by atoms with Crippen molar-refractivity contribution in [1.29, 1.82) is 0 Å². The van der Waals surface area contributed by atoms with E-state index in [1.165, 1.54) is 6.92 Å². The predicted octanol–water partition coefficient (Wildman–Crippen LogP) is 0.250. The summed E-state index contributed by atoms with van der Waals surface area (Å²) in [7, 11) is -4.07. The molecular weight excluding hydrogens is 232 g/mol. The summed E-state index contributed by atoms with van der Waals surface area (Å²) < 4.78 is 28.2. The van der Waals surface area contributed by atoms with Gasteiger partial charge < -0.3 is 4.74 Å². The van der Waals surface area contributed by atoms with Gasteiger partial charge in [-0.15, -0.1) is 0 Å².